The second-order valence-corrected chi connectivity index (χ2v) is 25.2. The molecule has 0 aromatic carbocycles. The Kier molecular flexibility index (Phi) is 64.9. The number of nitrogens with two attached hydrogens (primary N) is 1. The van der Waals surface area contributed by atoms with Gasteiger partial charge in [-0.1, -0.05) is 339 Å². The highest BCUT2D eigenvalue weighted by Gasteiger charge is 2.26. The Morgan fingerprint density at radius 1 is 0.375 bits per heavy atom. The molecule has 0 bridgehead atoms. The van der Waals surface area contributed by atoms with E-state index >= 15 is 0 Å². The number of allylic oxidation sites excluding steroid dienone is 6. The van der Waals surface area contributed by atoms with Crippen molar-refractivity contribution in [3.8, 4) is 0 Å². The van der Waals surface area contributed by atoms with Crippen LogP contribution >= 0.6 is 7.82 Å². The van der Waals surface area contributed by atoms with Crippen molar-refractivity contribution in [2.45, 2.75) is 373 Å². The first-order valence-electron chi connectivity index (χ1n) is 35.0. The van der Waals surface area contributed by atoms with Gasteiger partial charge in [-0.05, 0) is 51.4 Å². The summed E-state index contributed by atoms with van der Waals surface area (Å²) < 4.78 is 33.1. The van der Waals surface area contributed by atoms with Gasteiger partial charge >= 0.3 is 19.8 Å². The molecule has 0 amide bonds. The lowest BCUT2D eigenvalue weighted by molar-refractivity contribution is -0.161. The van der Waals surface area contributed by atoms with E-state index in [-0.39, 0.29) is 38.6 Å². The standard InChI is InChI=1S/C70H134NO8P/c1-3-5-7-9-11-13-15-17-19-21-23-25-27-28-29-30-31-32-33-34-35-36-37-38-39-41-42-44-46-48-50-52-54-56-58-60-62-69(72)76-66-68(67-78-80(74,75)77-65-64-71)79-70(73)63-61-59-57-55-53-51-49-47-45-43-40-26-24-22-20-18-16-14-12-10-8-6-4-2/h16,18,22,24,40,43,68H,3-15,17,19-21,23,25-39,41-42,44-67,71H2,1-2H3,(H,74,75)/b18-16-,24-22-,43-40-. The molecule has 3 N–H and O–H groups in total. The maximum atomic E-state index is 12.7. The van der Waals surface area contributed by atoms with Crippen LogP contribution in [0.4, 0.5) is 0 Å². The van der Waals surface area contributed by atoms with E-state index in [1.54, 1.807) is 0 Å². The summed E-state index contributed by atoms with van der Waals surface area (Å²) in [6.07, 6.45) is 82.5. The van der Waals surface area contributed by atoms with Crippen molar-refractivity contribution in [1.29, 1.82) is 0 Å². The SMILES string of the molecule is CCCCCCC/C=C\C/C=C\C/C=C\CCCCCCCCCCC(=O)OC(COC(=O)CCCCCCCCCCCCCCCCCCCCCCCCCCCCCCCCCCCCCC)COP(=O)(O)OCCN. The Labute approximate surface area is 496 Å². The van der Waals surface area contributed by atoms with E-state index in [1.165, 1.54) is 276 Å². The summed E-state index contributed by atoms with van der Waals surface area (Å²) in [5.74, 6) is -0.818. The summed E-state index contributed by atoms with van der Waals surface area (Å²) >= 11 is 0. The topological polar surface area (TPSA) is 134 Å². The molecule has 472 valence electrons. The third-order valence-electron chi connectivity index (χ3n) is 15.8. The van der Waals surface area contributed by atoms with E-state index in [9.17, 15) is 19.0 Å². The summed E-state index contributed by atoms with van der Waals surface area (Å²) in [5.41, 5.74) is 5.40. The molecule has 0 aromatic rings. The third-order valence-corrected chi connectivity index (χ3v) is 16.8. The van der Waals surface area contributed by atoms with E-state index in [1.807, 2.05) is 0 Å². The van der Waals surface area contributed by atoms with Crippen molar-refractivity contribution < 1.29 is 37.6 Å². The molecule has 0 spiro atoms. The number of unbranched alkanes of at least 4 members (excludes halogenated alkanes) is 48. The molecule has 0 aliphatic heterocycles. The first-order chi connectivity index (χ1) is 39.3. The van der Waals surface area contributed by atoms with Crippen molar-refractivity contribution in [1.82, 2.24) is 0 Å². The van der Waals surface area contributed by atoms with Gasteiger partial charge in [-0.25, -0.2) is 4.57 Å². The van der Waals surface area contributed by atoms with Crippen molar-refractivity contribution in [2.24, 2.45) is 5.73 Å². The predicted molar refractivity (Wildman–Crippen MR) is 344 cm³/mol. The number of hydrogen-bond acceptors (Lipinski definition) is 8. The Balaban J connectivity index is 3.80. The lowest BCUT2D eigenvalue weighted by Crippen LogP contribution is -2.29. The minimum Gasteiger partial charge on any atom is -0.462 e. The van der Waals surface area contributed by atoms with Crippen LogP contribution in [0.25, 0.3) is 0 Å². The van der Waals surface area contributed by atoms with Crippen LogP contribution in [0.15, 0.2) is 36.5 Å². The number of phosphoric acid groups is 1. The van der Waals surface area contributed by atoms with Crippen LogP contribution in [0.1, 0.15) is 367 Å². The van der Waals surface area contributed by atoms with E-state index in [0.717, 1.165) is 57.8 Å². The summed E-state index contributed by atoms with van der Waals surface area (Å²) in [7, 11) is -4.39. The van der Waals surface area contributed by atoms with Crippen LogP contribution in [0, 0.1) is 0 Å². The highest BCUT2D eigenvalue weighted by atomic mass is 31.2. The molecule has 0 saturated carbocycles. The van der Waals surface area contributed by atoms with Crippen LogP contribution in [0.3, 0.4) is 0 Å². The summed E-state index contributed by atoms with van der Waals surface area (Å²) in [5, 5.41) is 0. The molecule has 0 rings (SSSR count). The van der Waals surface area contributed by atoms with Gasteiger partial charge in [0.15, 0.2) is 6.10 Å². The molecule has 0 aromatic heterocycles. The molecule has 9 nitrogen and oxygen atoms in total. The van der Waals surface area contributed by atoms with Crippen LogP contribution in [0.5, 0.6) is 0 Å². The molecule has 0 aliphatic carbocycles. The van der Waals surface area contributed by atoms with Gasteiger partial charge in [-0.15, -0.1) is 0 Å². The number of phosphoric ester groups is 1. The molecule has 10 heteroatoms. The average Bonchev–Trinajstić information content (AvgIpc) is 3.45. The Hall–Kier alpha value is -1.77. The van der Waals surface area contributed by atoms with Crippen molar-refractivity contribution >= 4 is 19.8 Å². The zero-order chi connectivity index (χ0) is 58.0. The fourth-order valence-electron chi connectivity index (χ4n) is 10.6. The van der Waals surface area contributed by atoms with Crippen LogP contribution in [-0.2, 0) is 32.7 Å². The monoisotopic (exact) mass is 1150 g/mol. The number of carbonyl (C=O) groups is 2. The van der Waals surface area contributed by atoms with Gasteiger partial charge in [0.1, 0.15) is 6.61 Å². The first-order valence-corrected chi connectivity index (χ1v) is 36.5. The Morgan fingerprint density at radius 3 is 0.963 bits per heavy atom. The highest BCUT2D eigenvalue weighted by Crippen LogP contribution is 2.43. The van der Waals surface area contributed by atoms with Crippen molar-refractivity contribution in [3.05, 3.63) is 36.5 Å². The smallest absolute Gasteiger partial charge is 0.462 e. The largest absolute Gasteiger partial charge is 0.472 e. The van der Waals surface area contributed by atoms with Crippen LogP contribution in [-0.4, -0.2) is 49.3 Å². The van der Waals surface area contributed by atoms with E-state index in [0.29, 0.717) is 6.42 Å². The molecule has 0 heterocycles. The summed E-state index contributed by atoms with van der Waals surface area (Å²) in [6, 6.07) is 0. The van der Waals surface area contributed by atoms with E-state index in [4.69, 9.17) is 24.3 Å². The van der Waals surface area contributed by atoms with Crippen LogP contribution in [0.2, 0.25) is 0 Å². The quantitative estimate of drug-likeness (QED) is 0.0264. The van der Waals surface area contributed by atoms with Gasteiger partial charge in [-0.2, -0.15) is 0 Å². The maximum absolute atomic E-state index is 12.7. The van der Waals surface area contributed by atoms with E-state index in [2.05, 4.69) is 50.3 Å². The average molecular weight is 1150 g/mol. The fraction of sp³-hybridized carbons (Fsp3) is 0.886. The van der Waals surface area contributed by atoms with Crippen molar-refractivity contribution in [2.75, 3.05) is 26.4 Å². The number of hydrogen-bond donors (Lipinski definition) is 2. The minimum absolute atomic E-state index is 0.0532. The molecule has 0 saturated heterocycles. The number of rotatable bonds is 67. The van der Waals surface area contributed by atoms with E-state index < -0.39 is 26.5 Å². The second-order valence-electron chi connectivity index (χ2n) is 23.8. The molecule has 0 aliphatic rings. The highest BCUT2D eigenvalue weighted by molar-refractivity contribution is 7.47. The van der Waals surface area contributed by atoms with Gasteiger partial charge < -0.3 is 20.1 Å². The van der Waals surface area contributed by atoms with Gasteiger partial charge in [0, 0.05) is 19.4 Å². The third kappa shape index (κ3) is 65.4. The van der Waals surface area contributed by atoms with Crippen LogP contribution < -0.4 is 5.73 Å². The molecular formula is C70H134NO8P. The molecule has 2 atom stereocenters. The Morgan fingerprint density at radius 2 is 0.650 bits per heavy atom. The number of carbonyl (C=O) groups excluding carboxylic acids is 2. The zero-order valence-corrected chi connectivity index (χ0v) is 54.0. The van der Waals surface area contributed by atoms with Gasteiger partial charge in [0.05, 0.1) is 13.2 Å². The maximum Gasteiger partial charge on any atom is 0.472 e. The molecule has 0 radical (unpaired) electrons. The molecule has 80 heavy (non-hydrogen) atoms. The van der Waals surface area contributed by atoms with Gasteiger partial charge in [0.25, 0.3) is 0 Å². The van der Waals surface area contributed by atoms with Crippen molar-refractivity contribution in [3.63, 3.8) is 0 Å². The number of ether oxygens (including phenoxy) is 2. The van der Waals surface area contributed by atoms with Gasteiger partial charge in [-0.3, -0.25) is 18.6 Å². The summed E-state index contributed by atoms with van der Waals surface area (Å²) in [4.78, 5) is 35.3. The second kappa shape index (κ2) is 66.4. The molecule has 0 fully saturated rings. The van der Waals surface area contributed by atoms with Gasteiger partial charge in [0.2, 0.25) is 0 Å². The fourth-order valence-corrected chi connectivity index (χ4v) is 11.4. The normalized spacial score (nSPS) is 13.1. The lowest BCUT2D eigenvalue weighted by Gasteiger charge is -2.19. The zero-order valence-electron chi connectivity index (χ0n) is 53.1. The minimum atomic E-state index is -4.39. The Bertz CT molecular complexity index is 1400. The lowest BCUT2D eigenvalue weighted by atomic mass is 10.0. The molecule has 2 unspecified atom stereocenters. The predicted octanol–water partition coefficient (Wildman–Crippen LogP) is 22.7. The molecular weight excluding hydrogens is 1010 g/mol. The first kappa shape index (κ1) is 78.2. The summed E-state index contributed by atoms with van der Waals surface area (Å²) in [6.45, 7) is 3.79. The number of esters is 2.